The van der Waals surface area contributed by atoms with Crippen molar-refractivity contribution in [3.8, 4) is 0 Å². The van der Waals surface area contributed by atoms with Gasteiger partial charge in [-0.05, 0) is 57.0 Å². The highest BCUT2D eigenvalue weighted by molar-refractivity contribution is 9.11. The number of hydrogen-bond donors (Lipinski definition) is 1. The first-order chi connectivity index (χ1) is 9.52. The smallest absolute Gasteiger partial charge is 0.333 e. The molecule has 2 aromatic rings. The maximum atomic E-state index is 12.0. The van der Waals surface area contributed by atoms with Crippen LogP contribution in [0, 0.1) is 6.92 Å². The molecule has 1 N–H and O–H groups in total. The molecule has 1 unspecified atom stereocenters. The predicted molar refractivity (Wildman–Crippen MR) is 89.3 cm³/mol. The lowest BCUT2D eigenvalue weighted by Gasteiger charge is -2.17. The molecular formula is C14H13Br2NO2S. The van der Waals surface area contributed by atoms with Crippen LogP contribution in [-0.2, 0) is 9.53 Å². The third-order valence-corrected chi connectivity index (χ3v) is 5.66. The SMILES string of the molecule is COC(=O)C(Nc1ccccc1Br)c1cc(Br)c(C)s1. The number of anilines is 1. The molecule has 1 aromatic carbocycles. The van der Waals surface area contributed by atoms with Crippen molar-refractivity contribution in [1.29, 1.82) is 0 Å². The molecule has 0 radical (unpaired) electrons. The minimum absolute atomic E-state index is 0.311. The Morgan fingerprint density at radius 3 is 2.55 bits per heavy atom. The fourth-order valence-corrected chi connectivity index (χ4v) is 3.72. The third-order valence-electron chi connectivity index (χ3n) is 2.77. The Balaban J connectivity index is 2.34. The van der Waals surface area contributed by atoms with Gasteiger partial charge in [0.2, 0.25) is 0 Å². The van der Waals surface area contributed by atoms with Gasteiger partial charge in [-0.2, -0.15) is 0 Å². The molecule has 0 spiro atoms. The lowest BCUT2D eigenvalue weighted by Crippen LogP contribution is -2.21. The van der Waals surface area contributed by atoms with Crippen molar-refractivity contribution in [3.63, 3.8) is 0 Å². The molecule has 0 aliphatic carbocycles. The number of para-hydroxylation sites is 1. The predicted octanol–water partition coefficient (Wildman–Crippen LogP) is 4.91. The number of nitrogens with one attached hydrogen (secondary N) is 1. The highest BCUT2D eigenvalue weighted by Crippen LogP contribution is 2.34. The third kappa shape index (κ3) is 3.42. The van der Waals surface area contributed by atoms with Gasteiger partial charge in [-0.15, -0.1) is 11.3 Å². The summed E-state index contributed by atoms with van der Waals surface area (Å²) >= 11 is 8.51. The van der Waals surface area contributed by atoms with E-state index in [9.17, 15) is 4.79 Å². The summed E-state index contributed by atoms with van der Waals surface area (Å²) in [5.41, 5.74) is 0.852. The van der Waals surface area contributed by atoms with E-state index in [-0.39, 0.29) is 5.97 Å². The van der Waals surface area contributed by atoms with Crippen LogP contribution in [0.2, 0.25) is 0 Å². The summed E-state index contributed by atoms with van der Waals surface area (Å²) in [7, 11) is 1.40. The molecule has 0 aliphatic rings. The minimum Gasteiger partial charge on any atom is -0.467 e. The molecule has 1 aromatic heterocycles. The van der Waals surface area contributed by atoms with Crippen molar-refractivity contribution in [2.75, 3.05) is 12.4 Å². The molecule has 1 atom stereocenters. The van der Waals surface area contributed by atoms with Gasteiger partial charge in [0.05, 0.1) is 7.11 Å². The summed E-state index contributed by atoms with van der Waals surface area (Å²) in [6, 6.07) is 9.10. The summed E-state index contributed by atoms with van der Waals surface area (Å²) in [4.78, 5) is 14.1. The first-order valence-electron chi connectivity index (χ1n) is 5.87. The number of esters is 1. The molecule has 1 heterocycles. The second-order valence-corrected chi connectivity index (χ2v) is 7.13. The monoisotopic (exact) mass is 417 g/mol. The van der Waals surface area contributed by atoms with Crippen LogP contribution in [0.1, 0.15) is 15.8 Å². The van der Waals surface area contributed by atoms with Crippen LogP contribution in [0.3, 0.4) is 0 Å². The summed E-state index contributed by atoms with van der Waals surface area (Å²) in [5, 5.41) is 3.22. The van der Waals surface area contributed by atoms with Crippen molar-refractivity contribution in [1.82, 2.24) is 0 Å². The number of halogens is 2. The van der Waals surface area contributed by atoms with Gasteiger partial charge in [0.1, 0.15) is 0 Å². The summed E-state index contributed by atoms with van der Waals surface area (Å²) < 4.78 is 6.81. The largest absolute Gasteiger partial charge is 0.467 e. The number of hydrogen-bond acceptors (Lipinski definition) is 4. The molecule has 0 saturated heterocycles. The molecule has 6 heteroatoms. The number of benzene rings is 1. The van der Waals surface area contributed by atoms with E-state index in [1.54, 1.807) is 11.3 Å². The number of methoxy groups -OCH3 is 1. The first kappa shape index (κ1) is 15.5. The lowest BCUT2D eigenvalue weighted by molar-refractivity contribution is -0.141. The van der Waals surface area contributed by atoms with Gasteiger partial charge in [-0.1, -0.05) is 12.1 Å². The van der Waals surface area contributed by atoms with Gasteiger partial charge < -0.3 is 10.1 Å². The standard InChI is InChI=1S/C14H13Br2NO2S/c1-8-10(16)7-12(20-8)13(14(18)19-2)17-11-6-4-3-5-9(11)15/h3-7,13,17H,1-2H3. The van der Waals surface area contributed by atoms with Gasteiger partial charge in [0.15, 0.2) is 6.04 Å². The zero-order chi connectivity index (χ0) is 14.7. The molecule has 0 fully saturated rings. The van der Waals surface area contributed by atoms with Crippen LogP contribution in [0.15, 0.2) is 39.3 Å². The Morgan fingerprint density at radius 1 is 1.30 bits per heavy atom. The normalized spacial score (nSPS) is 12.0. The lowest BCUT2D eigenvalue weighted by atomic mass is 10.2. The van der Waals surface area contributed by atoms with Crippen LogP contribution in [0.5, 0.6) is 0 Å². The topological polar surface area (TPSA) is 38.3 Å². The number of aryl methyl sites for hydroxylation is 1. The van der Waals surface area contributed by atoms with E-state index in [0.29, 0.717) is 0 Å². The number of thiophene rings is 1. The van der Waals surface area contributed by atoms with Crippen molar-refractivity contribution in [2.24, 2.45) is 0 Å². The van der Waals surface area contributed by atoms with E-state index >= 15 is 0 Å². The maximum Gasteiger partial charge on any atom is 0.333 e. The Labute approximate surface area is 138 Å². The first-order valence-corrected chi connectivity index (χ1v) is 8.28. The summed E-state index contributed by atoms with van der Waals surface area (Å²) in [6.45, 7) is 2.00. The molecule has 0 aliphatic heterocycles. The Hall–Kier alpha value is -0.850. The molecule has 0 bridgehead atoms. The maximum absolute atomic E-state index is 12.0. The highest BCUT2D eigenvalue weighted by atomic mass is 79.9. The van der Waals surface area contributed by atoms with E-state index in [0.717, 1.165) is 24.4 Å². The van der Waals surface area contributed by atoms with E-state index in [2.05, 4.69) is 37.2 Å². The molecular weight excluding hydrogens is 406 g/mol. The van der Waals surface area contributed by atoms with Crippen LogP contribution < -0.4 is 5.32 Å². The highest BCUT2D eigenvalue weighted by Gasteiger charge is 2.24. The van der Waals surface area contributed by atoms with Gasteiger partial charge >= 0.3 is 5.97 Å². The second kappa shape index (κ2) is 6.74. The average Bonchev–Trinajstić information content (AvgIpc) is 2.76. The zero-order valence-corrected chi connectivity index (χ0v) is 14.9. The zero-order valence-electron chi connectivity index (χ0n) is 10.9. The quantitative estimate of drug-likeness (QED) is 0.717. The second-order valence-electron chi connectivity index (χ2n) is 4.13. The van der Waals surface area contributed by atoms with Crippen molar-refractivity contribution < 1.29 is 9.53 Å². The minimum atomic E-state index is -0.520. The molecule has 3 nitrogen and oxygen atoms in total. The molecule has 106 valence electrons. The van der Waals surface area contributed by atoms with E-state index in [4.69, 9.17) is 4.74 Å². The van der Waals surface area contributed by atoms with Crippen LogP contribution >= 0.6 is 43.2 Å². The van der Waals surface area contributed by atoms with Gasteiger partial charge in [0.25, 0.3) is 0 Å². The fraction of sp³-hybridized carbons (Fsp3) is 0.214. The summed E-state index contributed by atoms with van der Waals surface area (Å²) in [5.74, 6) is -0.311. The van der Waals surface area contributed by atoms with Crippen LogP contribution in [0.25, 0.3) is 0 Å². The molecule has 0 amide bonds. The van der Waals surface area contributed by atoms with Crippen LogP contribution in [0.4, 0.5) is 5.69 Å². The molecule has 2 rings (SSSR count). The Morgan fingerprint density at radius 2 is 2.00 bits per heavy atom. The number of carbonyl (C=O) groups is 1. The van der Waals surface area contributed by atoms with Gasteiger partial charge in [-0.25, -0.2) is 4.79 Å². The van der Waals surface area contributed by atoms with E-state index < -0.39 is 6.04 Å². The number of ether oxygens (including phenoxy) is 1. The number of carbonyl (C=O) groups excluding carboxylic acids is 1. The Bertz CT molecular complexity index is 608. The molecule has 20 heavy (non-hydrogen) atoms. The average molecular weight is 419 g/mol. The summed E-state index contributed by atoms with van der Waals surface area (Å²) in [6.07, 6.45) is 0. The van der Waals surface area contributed by atoms with E-state index in [1.165, 1.54) is 7.11 Å². The fourth-order valence-electron chi connectivity index (χ4n) is 1.72. The van der Waals surface area contributed by atoms with Crippen molar-refractivity contribution in [3.05, 3.63) is 49.0 Å². The van der Waals surface area contributed by atoms with Gasteiger partial charge in [-0.3, -0.25) is 0 Å². The van der Waals surface area contributed by atoms with Crippen LogP contribution in [-0.4, -0.2) is 13.1 Å². The Kier molecular flexibility index (Phi) is 5.23. The number of rotatable bonds is 4. The van der Waals surface area contributed by atoms with Crippen molar-refractivity contribution in [2.45, 2.75) is 13.0 Å². The van der Waals surface area contributed by atoms with Gasteiger partial charge in [0, 0.05) is 24.4 Å². The van der Waals surface area contributed by atoms with E-state index in [1.807, 2.05) is 37.3 Å². The van der Waals surface area contributed by atoms with Crippen molar-refractivity contribution >= 4 is 54.9 Å². The molecule has 0 saturated carbocycles.